The summed E-state index contributed by atoms with van der Waals surface area (Å²) in [7, 11) is 7.50. The number of hydrogen-bond donors (Lipinski definition) is 4. The molecule has 0 rings (SSSR count). The minimum atomic E-state index is 0. The lowest BCUT2D eigenvalue weighted by Gasteiger charge is -1.59. The maximum Gasteiger partial charge on any atom is -0.0106 e. The molecule has 0 radical (unpaired) electrons. The Balaban J connectivity index is -0.0000000145. The third kappa shape index (κ3) is 54300. The van der Waals surface area contributed by atoms with Crippen molar-refractivity contribution in [2.45, 2.75) is 28.7 Å². The van der Waals surface area contributed by atoms with Crippen LogP contribution in [0.25, 0.3) is 0 Å². The van der Waals surface area contributed by atoms with Crippen molar-refractivity contribution < 1.29 is 0 Å². The van der Waals surface area contributed by atoms with Crippen molar-refractivity contribution in [1.82, 2.24) is 10.6 Å². The van der Waals surface area contributed by atoms with E-state index in [4.69, 9.17) is 11.5 Å². The third-order valence-corrected chi connectivity index (χ3v) is 0. The average Bonchev–Trinajstić information content (AvgIpc) is 1.92. The van der Waals surface area contributed by atoms with E-state index in [0.29, 0.717) is 0 Å². The molecule has 0 aliphatic carbocycles. The van der Waals surface area contributed by atoms with Gasteiger partial charge in [0.1, 0.15) is 0 Å². The van der Waals surface area contributed by atoms with Gasteiger partial charge in [-0.2, -0.15) is 0 Å². The summed E-state index contributed by atoms with van der Waals surface area (Å²) in [5.74, 6) is 0. The van der Waals surface area contributed by atoms with Gasteiger partial charge in [-0.3, -0.25) is 0 Å². The Labute approximate surface area is 92.8 Å². The van der Waals surface area contributed by atoms with E-state index in [9.17, 15) is 0 Å². The highest BCUT2D eigenvalue weighted by molar-refractivity contribution is 4.00. The van der Waals surface area contributed by atoms with Crippen LogP contribution < -0.4 is 22.1 Å². The highest BCUT2D eigenvalue weighted by Crippen LogP contribution is 1.20. The maximum absolute atomic E-state index is 4.85. The van der Waals surface area contributed by atoms with Crippen LogP contribution in [0.3, 0.4) is 0 Å². The summed E-state index contributed by atoms with van der Waals surface area (Å²) in [6.45, 7) is 5.31. The predicted molar refractivity (Wildman–Crippen MR) is 72.9 cm³/mol. The zero-order valence-corrected chi connectivity index (χ0v) is 9.57. The van der Waals surface area contributed by atoms with Crippen molar-refractivity contribution in [2.24, 2.45) is 11.5 Å². The SMILES string of the molecule is C.C.CCN.CCN.CNC.CNC. The quantitative estimate of drug-likeness (QED) is 0.481. The van der Waals surface area contributed by atoms with Gasteiger partial charge in [-0.25, -0.2) is 0 Å². The first-order chi connectivity index (χ1) is 5.66. The molecule has 0 aromatic carbocycles. The first-order valence-electron chi connectivity index (χ1n) is 4.23. The van der Waals surface area contributed by atoms with Crippen LogP contribution in [-0.2, 0) is 0 Å². The fourth-order valence-corrected chi connectivity index (χ4v) is 0. The van der Waals surface area contributed by atoms with Crippen LogP contribution in [0.15, 0.2) is 0 Å². The summed E-state index contributed by atoms with van der Waals surface area (Å²) in [4.78, 5) is 0. The smallest absolute Gasteiger partial charge is 0.0106 e. The predicted octanol–water partition coefficient (Wildman–Crippen LogP) is 0.873. The van der Waals surface area contributed by atoms with E-state index in [-0.39, 0.29) is 14.9 Å². The highest BCUT2D eigenvalue weighted by atomic mass is 14.7. The lowest BCUT2D eigenvalue weighted by Crippen LogP contribution is -1.89. The molecule has 0 atom stereocenters. The Morgan fingerprint density at radius 2 is 0.714 bits per heavy atom. The Morgan fingerprint density at radius 3 is 0.714 bits per heavy atom. The van der Waals surface area contributed by atoms with E-state index in [1.807, 2.05) is 42.0 Å². The number of hydrogen-bond acceptors (Lipinski definition) is 4. The molecule has 96 valence electrons. The van der Waals surface area contributed by atoms with Crippen LogP contribution in [0.5, 0.6) is 0 Å². The fraction of sp³-hybridized carbons (Fsp3) is 1.00. The molecule has 14 heavy (non-hydrogen) atoms. The van der Waals surface area contributed by atoms with Crippen molar-refractivity contribution in [3.8, 4) is 0 Å². The Kier molecular flexibility index (Phi) is 324. The average molecular weight is 212 g/mol. The molecule has 0 fully saturated rings. The first-order valence-corrected chi connectivity index (χ1v) is 4.23. The van der Waals surface area contributed by atoms with Gasteiger partial charge in [0.25, 0.3) is 0 Å². The van der Waals surface area contributed by atoms with Gasteiger partial charge in [0.2, 0.25) is 0 Å². The summed E-state index contributed by atoms with van der Waals surface area (Å²) in [6.07, 6.45) is 0. The van der Waals surface area contributed by atoms with Crippen LogP contribution >= 0.6 is 0 Å². The van der Waals surface area contributed by atoms with Gasteiger partial charge in [-0.15, -0.1) is 0 Å². The second-order valence-corrected chi connectivity index (χ2v) is 1.82. The van der Waals surface area contributed by atoms with Crippen LogP contribution in [0, 0.1) is 0 Å². The summed E-state index contributed by atoms with van der Waals surface area (Å²) in [6, 6.07) is 0. The highest BCUT2D eigenvalue weighted by Gasteiger charge is 1.33. The van der Waals surface area contributed by atoms with Gasteiger partial charge < -0.3 is 22.1 Å². The van der Waals surface area contributed by atoms with Gasteiger partial charge >= 0.3 is 0 Å². The Hall–Kier alpha value is -0.160. The number of nitrogens with one attached hydrogen (secondary N) is 2. The summed E-state index contributed by atoms with van der Waals surface area (Å²) in [5.41, 5.74) is 9.69. The second-order valence-electron chi connectivity index (χ2n) is 1.82. The van der Waals surface area contributed by atoms with Gasteiger partial charge in [0.05, 0.1) is 0 Å². The molecule has 0 unspecified atom stereocenters. The van der Waals surface area contributed by atoms with Crippen LogP contribution in [0.2, 0.25) is 0 Å². The van der Waals surface area contributed by atoms with Crippen molar-refractivity contribution in [3.63, 3.8) is 0 Å². The van der Waals surface area contributed by atoms with E-state index in [1.54, 1.807) is 0 Å². The monoisotopic (exact) mass is 212 g/mol. The summed E-state index contributed by atoms with van der Waals surface area (Å²) < 4.78 is 0. The number of rotatable bonds is 0. The largest absolute Gasteiger partial charge is 0.331 e. The molecule has 0 aliphatic rings. The van der Waals surface area contributed by atoms with E-state index < -0.39 is 0 Å². The first kappa shape index (κ1) is 37.1. The topological polar surface area (TPSA) is 76.1 Å². The van der Waals surface area contributed by atoms with Gasteiger partial charge in [-0.1, -0.05) is 28.7 Å². The Bertz CT molecular complexity index is 20.1. The third-order valence-electron chi connectivity index (χ3n) is 0. The zero-order chi connectivity index (χ0) is 10.8. The standard InChI is InChI=1S/4C2H7N.2CH4/c2*1-3-2;2*1-2-3;;/h2*3H,1-2H3;2*2-3H2,1H3;2*1H4. The summed E-state index contributed by atoms with van der Waals surface area (Å²) in [5, 5.41) is 5.50. The molecule has 0 saturated carbocycles. The van der Waals surface area contributed by atoms with Crippen LogP contribution in [0.1, 0.15) is 28.7 Å². The second kappa shape index (κ2) is 122. The van der Waals surface area contributed by atoms with Gasteiger partial charge in [0.15, 0.2) is 0 Å². The molecule has 6 N–H and O–H groups in total. The molecule has 4 nitrogen and oxygen atoms in total. The van der Waals surface area contributed by atoms with Crippen molar-refractivity contribution >= 4 is 0 Å². The number of nitrogens with two attached hydrogens (primary N) is 2. The molecule has 0 bridgehead atoms. The molecule has 0 amide bonds. The molecule has 0 spiro atoms. The van der Waals surface area contributed by atoms with Crippen molar-refractivity contribution in [1.29, 1.82) is 0 Å². The molecular formula is C10H36N4. The normalized spacial score (nSPS) is 5.14. The van der Waals surface area contributed by atoms with Crippen molar-refractivity contribution in [3.05, 3.63) is 0 Å². The molecular weight excluding hydrogens is 176 g/mol. The fourth-order valence-electron chi connectivity index (χ4n) is 0. The minimum Gasteiger partial charge on any atom is -0.331 e. The lowest BCUT2D eigenvalue weighted by molar-refractivity contribution is 1.02. The zero-order valence-electron chi connectivity index (χ0n) is 9.57. The van der Waals surface area contributed by atoms with E-state index >= 15 is 0 Å². The maximum atomic E-state index is 4.85. The van der Waals surface area contributed by atoms with Crippen LogP contribution in [0.4, 0.5) is 0 Å². The molecule has 0 heterocycles. The molecule has 0 aliphatic heterocycles. The lowest BCUT2D eigenvalue weighted by atomic mass is 10.8. The molecule has 0 aromatic heterocycles. The molecule has 0 saturated heterocycles. The van der Waals surface area contributed by atoms with Crippen LogP contribution in [-0.4, -0.2) is 41.3 Å². The van der Waals surface area contributed by atoms with Gasteiger partial charge in [0, 0.05) is 0 Å². The molecule has 0 aromatic rings. The minimum absolute atomic E-state index is 0. The summed E-state index contributed by atoms with van der Waals surface area (Å²) >= 11 is 0. The van der Waals surface area contributed by atoms with Gasteiger partial charge in [-0.05, 0) is 41.3 Å². The van der Waals surface area contributed by atoms with E-state index in [0.717, 1.165) is 13.1 Å². The molecule has 4 heteroatoms. The van der Waals surface area contributed by atoms with Crippen molar-refractivity contribution in [2.75, 3.05) is 41.3 Å². The Morgan fingerprint density at radius 1 is 0.714 bits per heavy atom. The van der Waals surface area contributed by atoms with E-state index in [1.165, 1.54) is 0 Å². The van der Waals surface area contributed by atoms with E-state index in [2.05, 4.69) is 10.6 Å².